The molecule has 100 valence electrons. The molecule has 4 heteroatoms. The SMILES string of the molecule is COc1ccc(CN[C@@H](C)c2cccnc2)cc1Br. The van der Waals surface area contributed by atoms with Crippen molar-refractivity contribution >= 4 is 15.9 Å². The third kappa shape index (κ3) is 3.78. The van der Waals surface area contributed by atoms with Gasteiger partial charge in [0.1, 0.15) is 5.75 Å². The van der Waals surface area contributed by atoms with Gasteiger partial charge in [-0.05, 0) is 52.2 Å². The van der Waals surface area contributed by atoms with Crippen LogP contribution in [0.2, 0.25) is 0 Å². The zero-order valence-electron chi connectivity index (χ0n) is 11.1. The Hall–Kier alpha value is -1.39. The van der Waals surface area contributed by atoms with Crippen LogP contribution < -0.4 is 10.1 Å². The van der Waals surface area contributed by atoms with Gasteiger partial charge in [-0.2, -0.15) is 0 Å². The summed E-state index contributed by atoms with van der Waals surface area (Å²) in [5.41, 5.74) is 2.40. The Bertz CT molecular complexity index is 531. The van der Waals surface area contributed by atoms with E-state index in [1.807, 2.05) is 18.3 Å². The standard InChI is InChI=1S/C15H17BrN2O/c1-11(13-4-3-7-17-10-13)18-9-12-5-6-15(19-2)14(16)8-12/h3-8,10-11,18H,9H2,1-2H3/t11-/m0/s1. The predicted octanol–water partition coefficient (Wildman–Crippen LogP) is 3.70. The number of halogens is 1. The molecule has 2 rings (SSSR count). The molecule has 1 heterocycles. The summed E-state index contributed by atoms with van der Waals surface area (Å²) in [4.78, 5) is 4.13. The van der Waals surface area contributed by atoms with Crippen LogP contribution in [-0.2, 0) is 6.54 Å². The van der Waals surface area contributed by atoms with Gasteiger partial charge in [0, 0.05) is 25.0 Å². The average Bonchev–Trinajstić information content (AvgIpc) is 2.46. The molecule has 0 aliphatic rings. The normalized spacial score (nSPS) is 12.2. The molecule has 0 spiro atoms. The van der Waals surface area contributed by atoms with Gasteiger partial charge in [0.2, 0.25) is 0 Å². The molecule has 0 aliphatic carbocycles. The van der Waals surface area contributed by atoms with Crippen molar-refractivity contribution in [1.82, 2.24) is 10.3 Å². The Morgan fingerprint density at radius 2 is 2.21 bits per heavy atom. The van der Waals surface area contributed by atoms with Gasteiger partial charge in [0.25, 0.3) is 0 Å². The number of ether oxygens (including phenoxy) is 1. The van der Waals surface area contributed by atoms with Crippen LogP contribution in [-0.4, -0.2) is 12.1 Å². The molecule has 1 aromatic heterocycles. The Morgan fingerprint density at radius 1 is 1.37 bits per heavy atom. The highest BCUT2D eigenvalue weighted by atomic mass is 79.9. The van der Waals surface area contributed by atoms with E-state index in [-0.39, 0.29) is 6.04 Å². The van der Waals surface area contributed by atoms with E-state index in [1.165, 1.54) is 11.1 Å². The van der Waals surface area contributed by atoms with E-state index in [4.69, 9.17) is 4.74 Å². The van der Waals surface area contributed by atoms with E-state index in [0.717, 1.165) is 16.8 Å². The van der Waals surface area contributed by atoms with Crippen LogP contribution in [0, 0.1) is 0 Å². The summed E-state index contributed by atoms with van der Waals surface area (Å²) in [7, 11) is 1.67. The summed E-state index contributed by atoms with van der Waals surface area (Å²) < 4.78 is 6.19. The Balaban J connectivity index is 1.97. The molecule has 0 amide bonds. The van der Waals surface area contributed by atoms with Crippen molar-refractivity contribution in [3.63, 3.8) is 0 Å². The Kier molecular flexibility index (Phi) is 4.93. The van der Waals surface area contributed by atoms with E-state index in [2.05, 4.69) is 51.4 Å². The summed E-state index contributed by atoms with van der Waals surface area (Å²) >= 11 is 3.50. The van der Waals surface area contributed by atoms with Crippen molar-refractivity contribution in [2.24, 2.45) is 0 Å². The third-order valence-electron chi connectivity index (χ3n) is 3.01. The molecule has 0 saturated heterocycles. The lowest BCUT2D eigenvalue weighted by Gasteiger charge is -2.14. The van der Waals surface area contributed by atoms with Crippen LogP contribution in [0.25, 0.3) is 0 Å². The number of hydrogen-bond donors (Lipinski definition) is 1. The van der Waals surface area contributed by atoms with Crippen molar-refractivity contribution in [3.05, 3.63) is 58.3 Å². The summed E-state index contributed by atoms with van der Waals surface area (Å²) in [6.07, 6.45) is 3.68. The van der Waals surface area contributed by atoms with Gasteiger partial charge < -0.3 is 10.1 Å². The largest absolute Gasteiger partial charge is 0.496 e. The van der Waals surface area contributed by atoms with Crippen molar-refractivity contribution in [3.8, 4) is 5.75 Å². The first-order chi connectivity index (χ1) is 9.20. The monoisotopic (exact) mass is 320 g/mol. The van der Waals surface area contributed by atoms with Crippen molar-refractivity contribution in [2.45, 2.75) is 19.5 Å². The fraction of sp³-hybridized carbons (Fsp3) is 0.267. The van der Waals surface area contributed by atoms with Crippen LogP contribution in [0.15, 0.2) is 47.2 Å². The maximum absolute atomic E-state index is 5.22. The van der Waals surface area contributed by atoms with Crippen molar-refractivity contribution in [2.75, 3.05) is 7.11 Å². The van der Waals surface area contributed by atoms with Crippen molar-refractivity contribution in [1.29, 1.82) is 0 Å². The minimum absolute atomic E-state index is 0.273. The van der Waals surface area contributed by atoms with Gasteiger partial charge in [-0.25, -0.2) is 0 Å². The highest BCUT2D eigenvalue weighted by Gasteiger charge is 2.06. The quantitative estimate of drug-likeness (QED) is 0.912. The lowest BCUT2D eigenvalue weighted by Crippen LogP contribution is -2.18. The van der Waals surface area contributed by atoms with Gasteiger partial charge in [0.15, 0.2) is 0 Å². The summed E-state index contributed by atoms with van der Waals surface area (Å²) in [5.74, 6) is 0.851. The van der Waals surface area contributed by atoms with E-state index in [9.17, 15) is 0 Å². The lowest BCUT2D eigenvalue weighted by molar-refractivity contribution is 0.412. The Labute approximate surface area is 122 Å². The molecule has 0 fully saturated rings. The molecule has 0 unspecified atom stereocenters. The van der Waals surface area contributed by atoms with Gasteiger partial charge in [-0.3, -0.25) is 4.98 Å². The first-order valence-electron chi connectivity index (χ1n) is 6.16. The van der Waals surface area contributed by atoms with Gasteiger partial charge in [-0.1, -0.05) is 12.1 Å². The maximum Gasteiger partial charge on any atom is 0.133 e. The number of rotatable bonds is 5. The van der Waals surface area contributed by atoms with E-state index in [0.29, 0.717) is 0 Å². The van der Waals surface area contributed by atoms with E-state index in [1.54, 1.807) is 13.3 Å². The van der Waals surface area contributed by atoms with Crippen LogP contribution in [0.3, 0.4) is 0 Å². The number of benzene rings is 1. The molecule has 0 radical (unpaired) electrons. The van der Waals surface area contributed by atoms with Gasteiger partial charge >= 0.3 is 0 Å². The molecule has 0 bridgehead atoms. The molecule has 1 aromatic carbocycles. The number of aromatic nitrogens is 1. The van der Waals surface area contributed by atoms with Crippen LogP contribution >= 0.6 is 15.9 Å². The number of methoxy groups -OCH3 is 1. The van der Waals surface area contributed by atoms with Gasteiger partial charge in [0.05, 0.1) is 11.6 Å². The number of nitrogens with one attached hydrogen (secondary N) is 1. The second-order valence-electron chi connectivity index (χ2n) is 4.36. The molecular formula is C15H17BrN2O. The highest BCUT2D eigenvalue weighted by molar-refractivity contribution is 9.10. The first-order valence-corrected chi connectivity index (χ1v) is 6.95. The molecule has 1 N–H and O–H groups in total. The zero-order chi connectivity index (χ0) is 13.7. The van der Waals surface area contributed by atoms with E-state index < -0.39 is 0 Å². The zero-order valence-corrected chi connectivity index (χ0v) is 12.6. The van der Waals surface area contributed by atoms with Crippen molar-refractivity contribution < 1.29 is 4.74 Å². The minimum atomic E-state index is 0.273. The first kappa shape index (κ1) is 14.0. The molecule has 2 aromatic rings. The lowest BCUT2D eigenvalue weighted by atomic mass is 10.1. The molecule has 3 nitrogen and oxygen atoms in total. The molecule has 0 saturated carbocycles. The fourth-order valence-electron chi connectivity index (χ4n) is 1.84. The number of hydrogen-bond acceptors (Lipinski definition) is 3. The smallest absolute Gasteiger partial charge is 0.133 e. The maximum atomic E-state index is 5.22. The molecule has 0 aliphatic heterocycles. The van der Waals surface area contributed by atoms with Crippen LogP contribution in [0.1, 0.15) is 24.1 Å². The second-order valence-corrected chi connectivity index (χ2v) is 5.21. The topological polar surface area (TPSA) is 34.1 Å². The minimum Gasteiger partial charge on any atom is -0.496 e. The summed E-state index contributed by atoms with van der Waals surface area (Å²) in [6.45, 7) is 2.94. The highest BCUT2D eigenvalue weighted by Crippen LogP contribution is 2.25. The van der Waals surface area contributed by atoms with Crippen LogP contribution in [0.5, 0.6) is 5.75 Å². The molecule has 19 heavy (non-hydrogen) atoms. The third-order valence-corrected chi connectivity index (χ3v) is 3.63. The fourth-order valence-corrected chi connectivity index (χ4v) is 2.43. The van der Waals surface area contributed by atoms with Crippen LogP contribution in [0.4, 0.5) is 0 Å². The number of pyridine rings is 1. The molecule has 1 atom stereocenters. The van der Waals surface area contributed by atoms with Gasteiger partial charge in [-0.15, -0.1) is 0 Å². The second kappa shape index (κ2) is 6.68. The summed E-state index contributed by atoms with van der Waals surface area (Å²) in [5, 5.41) is 3.48. The summed E-state index contributed by atoms with van der Waals surface area (Å²) in [6, 6.07) is 10.4. The molecular weight excluding hydrogens is 304 g/mol. The number of nitrogens with zero attached hydrogens (tertiary/aromatic N) is 1. The Morgan fingerprint density at radius 3 is 2.84 bits per heavy atom. The van der Waals surface area contributed by atoms with E-state index >= 15 is 0 Å². The predicted molar refractivity (Wildman–Crippen MR) is 80.2 cm³/mol. The average molecular weight is 321 g/mol.